The number of amides is 1. The van der Waals surface area contributed by atoms with Gasteiger partial charge in [0.05, 0.1) is 10.7 Å². The highest BCUT2D eigenvalue weighted by atomic mass is 35.5. The van der Waals surface area contributed by atoms with Gasteiger partial charge in [0, 0.05) is 11.4 Å². The van der Waals surface area contributed by atoms with Gasteiger partial charge in [-0.1, -0.05) is 53.5 Å². The second-order valence-electron chi connectivity index (χ2n) is 7.54. The lowest BCUT2D eigenvalue weighted by Gasteiger charge is -2.41. The molecule has 35 heavy (non-hydrogen) atoms. The van der Waals surface area contributed by atoms with Gasteiger partial charge in [0.25, 0.3) is 5.91 Å². The van der Waals surface area contributed by atoms with Crippen LogP contribution >= 0.6 is 23.2 Å². The molecule has 2 aromatic rings. The van der Waals surface area contributed by atoms with E-state index in [4.69, 9.17) is 27.9 Å². The summed E-state index contributed by atoms with van der Waals surface area (Å²) in [6.45, 7) is 0.976. The monoisotopic (exact) mass is 546 g/mol. The fourth-order valence-electron chi connectivity index (χ4n) is 3.23. The molecule has 0 spiro atoms. The molecule has 0 aromatic heterocycles. The number of rotatable bonds is 6. The van der Waals surface area contributed by atoms with E-state index < -0.39 is 52.9 Å². The Morgan fingerprint density at radius 1 is 1.09 bits per heavy atom. The number of halogens is 9. The maximum absolute atomic E-state index is 14.8. The van der Waals surface area contributed by atoms with Crippen LogP contribution in [0.3, 0.4) is 0 Å². The molecule has 0 saturated carbocycles. The van der Waals surface area contributed by atoms with Gasteiger partial charge in [-0.25, -0.2) is 0 Å². The number of hydrazone groups is 1. The maximum atomic E-state index is 14.8. The normalized spacial score (nSPS) is 20.0. The number of aliphatic hydroxyl groups is 1. The third kappa shape index (κ3) is 4.66. The van der Waals surface area contributed by atoms with Crippen LogP contribution in [0, 0.1) is 0 Å². The van der Waals surface area contributed by atoms with E-state index in [0.29, 0.717) is 0 Å². The molecule has 0 aliphatic carbocycles. The summed E-state index contributed by atoms with van der Waals surface area (Å²) < 4.78 is 101. The lowest BCUT2D eigenvalue weighted by atomic mass is 9.91. The maximum Gasteiger partial charge on any atom is 0.460 e. The fraction of sp³-hybridized carbons (Fsp3) is 0.333. The van der Waals surface area contributed by atoms with Crippen molar-refractivity contribution in [2.45, 2.75) is 43.2 Å². The molecule has 190 valence electrons. The number of ether oxygens (including phenoxy) is 1. The number of benzene rings is 2. The topological polar surface area (TPSA) is 62.1 Å². The Hall–Kier alpha value is -2.57. The van der Waals surface area contributed by atoms with Crippen molar-refractivity contribution in [3.05, 3.63) is 64.1 Å². The highest BCUT2D eigenvalue weighted by Crippen LogP contribution is 2.54. The minimum absolute atomic E-state index is 0.00154. The van der Waals surface area contributed by atoms with Crippen LogP contribution in [0.4, 0.5) is 30.7 Å². The molecule has 1 N–H and O–H groups in total. The van der Waals surface area contributed by atoms with E-state index >= 15 is 0 Å². The number of alkyl halides is 7. The lowest BCUT2D eigenvalue weighted by molar-refractivity contribution is -0.401. The van der Waals surface area contributed by atoms with E-state index in [1.807, 2.05) is 0 Å². The first-order valence-electron chi connectivity index (χ1n) is 9.66. The average Bonchev–Trinajstić information content (AvgIpc) is 3.14. The van der Waals surface area contributed by atoms with Crippen LogP contribution in [-0.4, -0.2) is 51.6 Å². The molecule has 0 bridgehead atoms. The summed E-state index contributed by atoms with van der Waals surface area (Å²) in [6, 6.07) is 10.6. The number of nitrogens with zero attached hydrogens (tertiary/aromatic N) is 2. The average molecular weight is 547 g/mol. The summed E-state index contributed by atoms with van der Waals surface area (Å²) in [5.74, 6) is -14.8. The van der Waals surface area contributed by atoms with Crippen LogP contribution < -0.4 is 4.74 Å². The van der Waals surface area contributed by atoms with Crippen LogP contribution in [0.15, 0.2) is 53.6 Å². The van der Waals surface area contributed by atoms with Crippen LogP contribution in [0.2, 0.25) is 10.0 Å². The minimum atomic E-state index is -6.75. The Morgan fingerprint density at radius 2 is 1.69 bits per heavy atom. The minimum Gasteiger partial charge on any atom is -0.479 e. The third-order valence-corrected chi connectivity index (χ3v) is 5.63. The van der Waals surface area contributed by atoms with Crippen molar-refractivity contribution in [2.75, 3.05) is 0 Å². The van der Waals surface area contributed by atoms with E-state index in [2.05, 4.69) is 5.10 Å². The van der Waals surface area contributed by atoms with Crippen molar-refractivity contribution in [1.82, 2.24) is 5.01 Å². The molecule has 0 fully saturated rings. The Kier molecular flexibility index (Phi) is 7.06. The first-order chi connectivity index (χ1) is 16.0. The largest absolute Gasteiger partial charge is 0.479 e. The van der Waals surface area contributed by atoms with Crippen LogP contribution in [0.1, 0.15) is 18.9 Å². The molecule has 3 rings (SSSR count). The molecule has 2 atom stereocenters. The lowest BCUT2D eigenvalue weighted by Crippen LogP contribution is -2.69. The van der Waals surface area contributed by atoms with E-state index in [0.717, 1.165) is 6.92 Å². The van der Waals surface area contributed by atoms with Crippen LogP contribution in [0.5, 0.6) is 5.75 Å². The standard InChI is InChI=1S/C21H15Cl2F7N2O3/c1-11(35-16-8-7-13(22)9-14(16)23)17(33)32-18(34,19(24,25)20(26,27)21(28,29)30)10-15(31-32)12-5-3-2-4-6-12/h2-9,11,34H,10H2,1H3/t11-,18-/m0/s1. The molecule has 1 heterocycles. The molecule has 2 aromatic carbocycles. The summed E-state index contributed by atoms with van der Waals surface area (Å²) in [4.78, 5) is 12.9. The molecule has 0 saturated heterocycles. The van der Waals surface area contributed by atoms with Crippen molar-refractivity contribution < 1.29 is 45.4 Å². The summed E-state index contributed by atoms with van der Waals surface area (Å²) in [5.41, 5.74) is -4.92. The smallest absolute Gasteiger partial charge is 0.460 e. The van der Waals surface area contributed by atoms with Crippen LogP contribution in [-0.2, 0) is 4.79 Å². The predicted molar refractivity (Wildman–Crippen MR) is 112 cm³/mol. The zero-order valence-corrected chi connectivity index (χ0v) is 19.0. The van der Waals surface area contributed by atoms with Crippen molar-refractivity contribution in [3.8, 4) is 5.75 Å². The third-order valence-electron chi connectivity index (χ3n) is 5.10. The molecular formula is C21H15Cl2F7N2O3. The number of hydrogen-bond acceptors (Lipinski definition) is 4. The van der Waals surface area contributed by atoms with Gasteiger partial charge in [0.1, 0.15) is 5.75 Å². The van der Waals surface area contributed by atoms with E-state index in [1.54, 1.807) is 0 Å². The summed E-state index contributed by atoms with van der Waals surface area (Å²) in [6.07, 6.45) is -10.1. The van der Waals surface area contributed by atoms with Gasteiger partial charge in [-0.3, -0.25) is 4.79 Å². The van der Waals surface area contributed by atoms with Crippen LogP contribution in [0.25, 0.3) is 0 Å². The van der Waals surface area contributed by atoms with E-state index in [1.165, 1.54) is 48.5 Å². The van der Waals surface area contributed by atoms with Gasteiger partial charge in [-0.05, 0) is 30.7 Å². The fourth-order valence-corrected chi connectivity index (χ4v) is 3.68. The highest BCUT2D eigenvalue weighted by Gasteiger charge is 2.82. The van der Waals surface area contributed by atoms with Gasteiger partial charge in [-0.15, -0.1) is 0 Å². The Morgan fingerprint density at radius 3 is 2.23 bits per heavy atom. The van der Waals surface area contributed by atoms with Crippen molar-refractivity contribution in [1.29, 1.82) is 0 Å². The molecule has 0 radical (unpaired) electrons. The number of hydrogen-bond donors (Lipinski definition) is 1. The Bertz CT molecular complexity index is 1150. The first kappa shape index (κ1) is 27.0. The van der Waals surface area contributed by atoms with Crippen molar-refractivity contribution >= 4 is 34.8 Å². The molecule has 1 aliphatic rings. The van der Waals surface area contributed by atoms with Gasteiger partial charge in [0.2, 0.25) is 5.72 Å². The molecular weight excluding hydrogens is 532 g/mol. The molecule has 1 amide bonds. The van der Waals surface area contributed by atoms with Gasteiger partial charge >= 0.3 is 18.0 Å². The van der Waals surface area contributed by atoms with Crippen molar-refractivity contribution in [3.63, 3.8) is 0 Å². The van der Waals surface area contributed by atoms with Gasteiger partial charge < -0.3 is 9.84 Å². The zero-order valence-electron chi connectivity index (χ0n) is 17.5. The quantitative estimate of drug-likeness (QED) is 0.457. The SMILES string of the molecule is C[C@H](Oc1ccc(Cl)cc1Cl)C(=O)N1N=C(c2ccccc2)C[C@]1(O)C(F)(F)C(F)(F)C(F)(F)F. The number of carbonyl (C=O) groups is 1. The van der Waals surface area contributed by atoms with Gasteiger partial charge in [-0.2, -0.15) is 40.8 Å². The van der Waals surface area contributed by atoms with Crippen molar-refractivity contribution in [2.24, 2.45) is 5.10 Å². The predicted octanol–water partition coefficient (Wildman–Crippen LogP) is 5.92. The second-order valence-corrected chi connectivity index (χ2v) is 8.38. The second kappa shape index (κ2) is 9.14. The van der Waals surface area contributed by atoms with E-state index in [9.17, 15) is 40.6 Å². The molecule has 1 aliphatic heterocycles. The highest BCUT2D eigenvalue weighted by molar-refractivity contribution is 6.35. The summed E-state index contributed by atoms with van der Waals surface area (Å²) >= 11 is 11.7. The Balaban J connectivity index is 2.05. The van der Waals surface area contributed by atoms with Gasteiger partial charge in [0.15, 0.2) is 6.10 Å². The first-order valence-corrected chi connectivity index (χ1v) is 10.4. The number of carbonyl (C=O) groups excluding carboxylic acids is 1. The van der Waals surface area contributed by atoms with E-state index in [-0.39, 0.29) is 21.4 Å². The zero-order chi connectivity index (χ0) is 26.4. The summed E-state index contributed by atoms with van der Waals surface area (Å²) in [7, 11) is 0. The Labute approximate surface area is 203 Å². The molecule has 14 heteroatoms. The summed E-state index contributed by atoms with van der Waals surface area (Å²) in [5, 5.41) is 13.7. The molecule has 0 unspecified atom stereocenters. The molecule has 5 nitrogen and oxygen atoms in total.